The highest BCUT2D eigenvalue weighted by Gasteiger charge is 2.38. The van der Waals surface area contributed by atoms with Crippen molar-refractivity contribution in [2.45, 2.75) is 6.04 Å². The summed E-state index contributed by atoms with van der Waals surface area (Å²) in [5.74, 6) is -0.0312. The van der Waals surface area contributed by atoms with Crippen molar-refractivity contribution in [3.8, 4) is 11.5 Å². The first-order valence-electron chi connectivity index (χ1n) is 9.38. The normalized spacial score (nSPS) is 14.9. The molecule has 0 bridgehead atoms. The van der Waals surface area contributed by atoms with Crippen LogP contribution in [0.1, 0.15) is 22.0 Å². The van der Waals surface area contributed by atoms with E-state index < -0.39 is 17.8 Å². The van der Waals surface area contributed by atoms with E-state index in [2.05, 4.69) is 20.8 Å². The van der Waals surface area contributed by atoms with Crippen LogP contribution in [0.15, 0.2) is 53.7 Å². The van der Waals surface area contributed by atoms with Gasteiger partial charge in [-0.3, -0.25) is 4.79 Å². The van der Waals surface area contributed by atoms with Gasteiger partial charge in [-0.05, 0) is 52.4 Å². The first-order valence-corrected chi connectivity index (χ1v) is 9.75. The van der Waals surface area contributed by atoms with Crippen LogP contribution in [0.5, 0.6) is 11.5 Å². The fourth-order valence-corrected chi connectivity index (χ4v) is 3.60. The zero-order valence-electron chi connectivity index (χ0n) is 17.3. The molecule has 1 aromatic heterocycles. The molecule has 2 aromatic carbocycles. The molecule has 11 heteroatoms. The van der Waals surface area contributed by atoms with Crippen LogP contribution in [0.3, 0.4) is 0 Å². The summed E-state index contributed by atoms with van der Waals surface area (Å²) in [5, 5.41) is 14.9. The number of hydrogen-bond donors (Lipinski definition) is 1. The molecular formula is C21H18ClN5O5. The smallest absolute Gasteiger partial charge is 0.355 e. The summed E-state index contributed by atoms with van der Waals surface area (Å²) in [7, 11) is 4.25. The second kappa shape index (κ2) is 8.67. The van der Waals surface area contributed by atoms with Crippen LogP contribution in [0.4, 0.5) is 5.95 Å². The number of fused-ring (bicyclic) bond motifs is 1. The number of benzene rings is 2. The molecule has 1 aliphatic rings. The third-order valence-corrected chi connectivity index (χ3v) is 5.23. The molecular weight excluding hydrogens is 438 g/mol. The number of nitrogens with one attached hydrogen (secondary N) is 1. The van der Waals surface area contributed by atoms with Crippen LogP contribution < -0.4 is 14.8 Å². The minimum atomic E-state index is -0.849. The maximum atomic E-state index is 13.6. The third kappa shape index (κ3) is 3.65. The van der Waals surface area contributed by atoms with Crippen molar-refractivity contribution in [3.05, 3.63) is 69.9 Å². The van der Waals surface area contributed by atoms with E-state index in [0.717, 1.165) is 0 Å². The fraction of sp³-hybridized carbons (Fsp3) is 0.190. The minimum Gasteiger partial charge on any atom is -0.493 e. The maximum Gasteiger partial charge on any atom is 0.355 e. The molecule has 0 aliphatic carbocycles. The number of esters is 1. The van der Waals surface area contributed by atoms with Gasteiger partial charge in [-0.2, -0.15) is 4.68 Å². The highest BCUT2D eigenvalue weighted by Crippen LogP contribution is 2.39. The van der Waals surface area contributed by atoms with E-state index in [1.165, 1.54) is 26.0 Å². The summed E-state index contributed by atoms with van der Waals surface area (Å²) in [5.41, 5.74) is 0.965. The molecule has 0 radical (unpaired) electrons. The van der Waals surface area contributed by atoms with E-state index in [1.54, 1.807) is 42.5 Å². The Morgan fingerprint density at radius 1 is 1.03 bits per heavy atom. The Balaban J connectivity index is 1.95. The van der Waals surface area contributed by atoms with Gasteiger partial charge in [0.15, 0.2) is 17.3 Å². The molecule has 3 aromatic rings. The van der Waals surface area contributed by atoms with Gasteiger partial charge >= 0.3 is 5.97 Å². The Morgan fingerprint density at radius 3 is 2.41 bits per heavy atom. The van der Waals surface area contributed by atoms with Gasteiger partial charge in [-0.15, -0.1) is 0 Å². The van der Waals surface area contributed by atoms with Crippen molar-refractivity contribution in [2.24, 2.45) is 0 Å². The first-order chi connectivity index (χ1) is 15.5. The number of anilines is 1. The van der Waals surface area contributed by atoms with Crippen LogP contribution in [-0.2, 0) is 9.53 Å². The van der Waals surface area contributed by atoms with Gasteiger partial charge in [0.2, 0.25) is 5.95 Å². The molecule has 0 amide bonds. The van der Waals surface area contributed by atoms with E-state index >= 15 is 0 Å². The number of Topliss-reactive ketones (excluding diaryl/α,β-unsaturated/α-hetero) is 1. The lowest BCUT2D eigenvalue weighted by Crippen LogP contribution is -2.33. The van der Waals surface area contributed by atoms with E-state index in [4.69, 9.17) is 25.8 Å². The summed E-state index contributed by atoms with van der Waals surface area (Å²) in [4.78, 5) is 26.3. The van der Waals surface area contributed by atoms with Gasteiger partial charge in [0, 0.05) is 10.6 Å². The van der Waals surface area contributed by atoms with Crippen molar-refractivity contribution < 1.29 is 23.8 Å². The molecule has 4 rings (SSSR count). The highest BCUT2D eigenvalue weighted by molar-refractivity contribution is 6.30. The van der Waals surface area contributed by atoms with Crippen LogP contribution in [-0.4, -0.2) is 53.3 Å². The average Bonchev–Trinajstić information content (AvgIpc) is 3.30. The number of ether oxygens (including phenoxy) is 3. The first kappa shape index (κ1) is 21.3. The number of carbonyl (C=O) groups is 2. The Labute approximate surface area is 187 Å². The van der Waals surface area contributed by atoms with Crippen molar-refractivity contribution in [3.63, 3.8) is 0 Å². The number of halogens is 1. The maximum absolute atomic E-state index is 13.6. The number of aromatic nitrogens is 4. The molecule has 10 nitrogen and oxygen atoms in total. The molecule has 164 valence electrons. The topological polar surface area (TPSA) is 117 Å². The zero-order chi connectivity index (χ0) is 22.8. The number of rotatable bonds is 6. The molecule has 1 aliphatic heterocycles. The molecule has 0 fully saturated rings. The van der Waals surface area contributed by atoms with Gasteiger partial charge in [0.1, 0.15) is 11.7 Å². The van der Waals surface area contributed by atoms with Crippen molar-refractivity contribution in [2.75, 3.05) is 26.6 Å². The van der Waals surface area contributed by atoms with Crippen LogP contribution >= 0.6 is 11.6 Å². The average molecular weight is 456 g/mol. The number of tetrazole rings is 1. The molecule has 32 heavy (non-hydrogen) atoms. The Hall–Kier alpha value is -3.92. The number of nitrogens with zero attached hydrogens (tertiary/aromatic N) is 4. The predicted octanol–water partition coefficient (Wildman–Crippen LogP) is 2.67. The summed E-state index contributed by atoms with van der Waals surface area (Å²) >= 11 is 5.98. The summed E-state index contributed by atoms with van der Waals surface area (Å²) in [6.07, 6.45) is 0. The lowest BCUT2D eigenvalue weighted by molar-refractivity contribution is -0.136. The third-order valence-electron chi connectivity index (χ3n) is 4.98. The standard InChI is InChI=1S/C21H18ClN5O5/c1-30-14-9-6-12(10-15(14)31-2)18-16(19(28)11-4-7-13(22)8-5-11)17(20(29)32-3)23-21-24-25-26-27(18)21/h4-10,18H,1-3H3,(H,23,24,26)/t18-/m0/s1. The van der Waals surface area contributed by atoms with Crippen LogP contribution in [0, 0.1) is 0 Å². The summed E-state index contributed by atoms with van der Waals surface area (Å²) in [6, 6.07) is 10.6. The second-order valence-electron chi connectivity index (χ2n) is 6.71. The van der Waals surface area contributed by atoms with Crippen molar-refractivity contribution >= 4 is 29.3 Å². The lowest BCUT2D eigenvalue weighted by Gasteiger charge is -2.28. The van der Waals surface area contributed by atoms with E-state index in [-0.39, 0.29) is 17.2 Å². The molecule has 0 unspecified atom stereocenters. The molecule has 0 saturated heterocycles. The number of methoxy groups -OCH3 is 3. The Morgan fingerprint density at radius 2 is 1.75 bits per heavy atom. The van der Waals surface area contributed by atoms with E-state index in [1.807, 2.05) is 0 Å². The van der Waals surface area contributed by atoms with Gasteiger partial charge in [0.25, 0.3) is 0 Å². The number of allylic oxidation sites excluding steroid dienone is 1. The van der Waals surface area contributed by atoms with Gasteiger partial charge < -0.3 is 19.5 Å². The van der Waals surface area contributed by atoms with E-state index in [9.17, 15) is 9.59 Å². The Bertz CT molecular complexity index is 1220. The minimum absolute atomic E-state index is 0.0606. The summed E-state index contributed by atoms with van der Waals surface area (Å²) in [6.45, 7) is 0. The highest BCUT2D eigenvalue weighted by atomic mass is 35.5. The van der Waals surface area contributed by atoms with Crippen LogP contribution in [0.2, 0.25) is 5.02 Å². The molecule has 1 atom stereocenters. The summed E-state index contributed by atoms with van der Waals surface area (Å²) < 4.78 is 17.1. The predicted molar refractivity (Wildman–Crippen MR) is 114 cm³/mol. The molecule has 1 N–H and O–H groups in total. The number of carbonyl (C=O) groups excluding carboxylic acids is 2. The lowest BCUT2D eigenvalue weighted by atomic mass is 9.89. The van der Waals surface area contributed by atoms with E-state index in [0.29, 0.717) is 27.6 Å². The van der Waals surface area contributed by atoms with Crippen molar-refractivity contribution in [1.29, 1.82) is 0 Å². The van der Waals surface area contributed by atoms with Crippen molar-refractivity contribution in [1.82, 2.24) is 20.2 Å². The molecule has 0 saturated carbocycles. The quantitative estimate of drug-likeness (QED) is 0.442. The molecule has 2 heterocycles. The fourth-order valence-electron chi connectivity index (χ4n) is 3.48. The molecule has 0 spiro atoms. The number of hydrogen-bond acceptors (Lipinski definition) is 9. The van der Waals surface area contributed by atoms with Gasteiger partial charge in [-0.1, -0.05) is 22.8 Å². The SMILES string of the molecule is COC(=O)C1=C(C(=O)c2ccc(Cl)cc2)[C@H](c2ccc(OC)c(OC)c2)n2nnnc2N1. The van der Waals surface area contributed by atoms with Gasteiger partial charge in [0.05, 0.1) is 26.9 Å². The largest absolute Gasteiger partial charge is 0.493 e. The van der Waals surface area contributed by atoms with Crippen LogP contribution in [0.25, 0.3) is 0 Å². The second-order valence-corrected chi connectivity index (χ2v) is 7.14. The monoisotopic (exact) mass is 455 g/mol. The number of ketones is 1. The zero-order valence-corrected chi connectivity index (χ0v) is 18.1. The van der Waals surface area contributed by atoms with Gasteiger partial charge in [-0.25, -0.2) is 4.79 Å². The Kier molecular flexibility index (Phi) is 5.78.